The Morgan fingerprint density at radius 3 is 2.36 bits per heavy atom. The van der Waals surface area contributed by atoms with E-state index >= 15 is 0 Å². The standard InChI is InChI=1S/C9H14.C2H6/c1-3-4-9-6-5-8(2)7-9;1-2/h5-8H,3-4H2,1-2H3;1-2H3. The highest BCUT2D eigenvalue weighted by Gasteiger charge is 2.01. The fraction of sp³-hybridized carbons (Fsp3) is 0.636. The highest BCUT2D eigenvalue weighted by atomic mass is 14.1. The molecule has 64 valence electrons. The Bertz CT molecular complexity index is 140. The van der Waals surface area contributed by atoms with Gasteiger partial charge >= 0.3 is 0 Å². The lowest BCUT2D eigenvalue weighted by Gasteiger charge is -1.92. The van der Waals surface area contributed by atoms with Crippen molar-refractivity contribution >= 4 is 0 Å². The summed E-state index contributed by atoms with van der Waals surface area (Å²) in [5.41, 5.74) is 1.52. The monoisotopic (exact) mass is 152 g/mol. The van der Waals surface area contributed by atoms with E-state index in [4.69, 9.17) is 0 Å². The SMILES string of the molecule is CC.CCCC1=CC(C)C=C1. The molecule has 1 rings (SSSR count). The van der Waals surface area contributed by atoms with E-state index in [1.54, 1.807) is 0 Å². The van der Waals surface area contributed by atoms with Gasteiger partial charge in [0.15, 0.2) is 0 Å². The van der Waals surface area contributed by atoms with Crippen LogP contribution in [0.15, 0.2) is 23.8 Å². The Balaban J connectivity index is 0.000000461. The molecule has 0 fully saturated rings. The van der Waals surface area contributed by atoms with Gasteiger partial charge in [-0.3, -0.25) is 0 Å². The van der Waals surface area contributed by atoms with E-state index in [9.17, 15) is 0 Å². The van der Waals surface area contributed by atoms with Crippen LogP contribution in [0, 0.1) is 5.92 Å². The fourth-order valence-corrected chi connectivity index (χ4v) is 1.18. The maximum atomic E-state index is 2.34. The first-order valence-corrected chi connectivity index (χ1v) is 4.72. The van der Waals surface area contributed by atoms with Crippen LogP contribution in [0.3, 0.4) is 0 Å². The molecule has 1 aliphatic rings. The second-order valence-electron chi connectivity index (χ2n) is 2.71. The molecule has 0 spiro atoms. The predicted octanol–water partition coefficient (Wildman–Crippen LogP) is 3.95. The third-order valence-corrected chi connectivity index (χ3v) is 1.63. The van der Waals surface area contributed by atoms with Crippen LogP contribution in [0.4, 0.5) is 0 Å². The summed E-state index contributed by atoms with van der Waals surface area (Å²) < 4.78 is 0. The number of hydrogen-bond donors (Lipinski definition) is 0. The van der Waals surface area contributed by atoms with Gasteiger partial charge in [-0.25, -0.2) is 0 Å². The van der Waals surface area contributed by atoms with E-state index < -0.39 is 0 Å². The maximum Gasteiger partial charge on any atom is -0.00728 e. The van der Waals surface area contributed by atoms with Crippen LogP contribution >= 0.6 is 0 Å². The van der Waals surface area contributed by atoms with Crippen molar-refractivity contribution in [1.29, 1.82) is 0 Å². The summed E-state index contributed by atoms with van der Waals surface area (Å²) in [6.07, 6.45) is 9.35. The first kappa shape index (κ1) is 10.5. The molecule has 1 unspecified atom stereocenters. The smallest absolute Gasteiger partial charge is 0.00728 e. The molecule has 0 nitrogen and oxygen atoms in total. The number of rotatable bonds is 2. The van der Waals surface area contributed by atoms with Gasteiger partial charge in [0.25, 0.3) is 0 Å². The van der Waals surface area contributed by atoms with Gasteiger partial charge < -0.3 is 0 Å². The second kappa shape index (κ2) is 6.21. The lowest BCUT2D eigenvalue weighted by Crippen LogP contribution is -1.76. The summed E-state index contributed by atoms with van der Waals surface area (Å²) in [5.74, 6) is 0.687. The third-order valence-electron chi connectivity index (χ3n) is 1.63. The largest absolute Gasteiger partial charge is 0.0776 e. The van der Waals surface area contributed by atoms with Gasteiger partial charge in [-0.05, 0) is 12.3 Å². The van der Waals surface area contributed by atoms with Gasteiger partial charge in [-0.2, -0.15) is 0 Å². The summed E-state index contributed by atoms with van der Waals surface area (Å²) in [5, 5.41) is 0. The Labute approximate surface area is 71.0 Å². The van der Waals surface area contributed by atoms with Crippen molar-refractivity contribution in [1.82, 2.24) is 0 Å². The summed E-state index contributed by atoms with van der Waals surface area (Å²) >= 11 is 0. The van der Waals surface area contributed by atoms with Crippen molar-refractivity contribution in [2.24, 2.45) is 5.92 Å². The Kier molecular flexibility index (Phi) is 5.91. The van der Waals surface area contributed by atoms with Crippen LogP contribution in [0.25, 0.3) is 0 Å². The van der Waals surface area contributed by atoms with Gasteiger partial charge in [0.1, 0.15) is 0 Å². The topological polar surface area (TPSA) is 0 Å². The quantitative estimate of drug-likeness (QED) is 0.562. The highest BCUT2D eigenvalue weighted by Crippen LogP contribution is 2.18. The minimum Gasteiger partial charge on any atom is -0.0776 e. The van der Waals surface area contributed by atoms with Crippen molar-refractivity contribution in [2.45, 2.75) is 40.5 Å². The van der Waals surface area contributed by atoms with Crippen molar-refractivity contribution < 1.29 is 0 Å². The van der Waals surface area contributed by atoms with E-state index in [0.29, 0.717) is 5.92 Å². The molecule has 11 heavy (non-hydrogen) atoms. The van der Waals surface area contributed by atoms with Crippen LogP contribution in [0.2, 0.25) is 0 Å². The van der Waals surface area contributed by atoms with Gasteiger partial charge in [0.2, 0.25) is 0 Å². The number of allylic oxidation sites excluding steroid dienone is 4. The molecule has 0 aromatic carbocycles. The zero-order valence-corrected chi connectivity index (χ0v) is 8.22. The van der Waals surface area contributed by atoms with Crippen molar-refractivity contribution in [3.05, 3.63) is 23.8 Å². The minimum absolute atomic E-state index is 0.687. The average molecular weight is 152 g/mol. The van der Waals surface area contributed by atoms with Crippen molar-refractivity contribution in [2.75, 3.05) is 0 Å². The molecule has 0 aromatic heterocycles. The molecule has 0 saturated heterocycles. The molecule has 0 aliphatic heterocycles. The Morgan fingerprint density at radius 2 is 2.00 bits per heavy atom. The first-order chi connectivity index (χ1) is 5.33. The molecule has 0 heterocycles. The van der Waals surface area contributed by atoms with Gasteiger partial charge in [-0.1, -0.05) is 57.9 Å². The molecule has 0 bridgehead atoms. The molecule has 0 heteroatoms. The molecule has 0 aromatic rings. The Morgan fingerprint density at radius 1 is 1.36 bits per heavy atom. The average Bonchev–Trinajstić information content (AvgIpc) is 2.41. The highest BCUT2D eigenvalue weighted by molar-refractivity contribution is 5.27. The lowest BCUT2D eigenvalue weighted by atomic mass is 10.1. The molecule has 0 saturated carbocycles. The zero-order valence-electron chi connectivity index (χ0n) is 8.22. The van der Waals surface area contributed by atoms with Crippen LogP contribution in [0.1, 0.15) is 40.5 Å². The normalized spacial score (nSPS) is 20.7. The van der Waals surface area contributed by atoms with E-state index in [1.807, 2.05) is 13.8 Å². The van der Waals surface area contributed by atoms with Crippen LogP contribution in [-0.2, 0) is 0 Å². The molecular weight excluding hydrogens is 132 g/mol. The predicted molar refractivity (Wildman–Crippen MR) is 52.6 cm³/mol. The first-order valence-electron chi connectivity index (χ1n) is 4.72. The van der Waals surface area contributed by atoms with Gasteiger partial charge in [-0.15, -0.1) is 0 Å². The third kappa shape index (κ3) is 4.02. The maximum absolute atomic E-state index is 2.34. The van der Waals surface area contributed by atoms with Gasteiger partial charge in [0, 0.05) is 0 Å². The minimum atomic E-state index is 0.687. The molecule has 1 atom stereocenters. The summed E-state index contributed by atoms with van der Waals surface area (Å²) in [6.45, 7) is 8.44. The summed E-state index contributed by atoms with van der Waals surface area (Å²) in [6, 6.07) is 0. The second-order valence-corrected chi connectivity index (χ2v) is 2.71. The van der Waals surface area contributed by atoms with E-state index in [0.717, 1.165) is 0 Å². The molecule has 0 radical (unpaired) electrons. The van der Waals surface area contributed by atoms with E-state index in [2.05, 4.69) is 32.1 Å². The van der Waals surface area contributed by atoms with Crippen LogP contribution in [0.5, 0.6) is 0 Å². The van der Waals surface area contributed by atoms with E-state index in [1.165, 1.54) is 18.4 Å². The Hall–Kier alpha value is -0.520. The molecular formula is C11H20. The lowest BCUT2D eigenvalue weighted by molar-refractivity contribution is 0.906. The van der Waals surface area contributed by atoms with Crippen molar-refractivity contribution in [3.8, 4) is 0 Å². The van der Waals surface area contributed by atoms with E-state index in [-0.39, 0.29) is 0 Å². The van der Waals surface area contributed by atoms with Crippen molar-refractivity contribution in [3.63, 3.8) is 0 Å². The molecule has 1 aliphatic carbocycles. The molecule has 0 N–H and O–H groups in total. The fourth-order valence-electron chi connectivity index (χ4n) is 1.18. The number of hydrogen-bond acceptors (Lipinski definition) is 0. The van der Waals surface area contributed by atoms with Crippen LogP contribution < -0.4 is 0 Å². The van der Waals surface area contributed by atoms with Gasteiger partial charge in [0.05, 0.1) is 0 Å². The molecule has 0 amide bonds. The zero-order chi connectivity index (χ0) is 8.69. The summed E-state index contributed by atoms with van der Waals surface area (Å²) in [7, 11) is 0. The summed E-state index contributed by atoms with van der Waals surface area (Å²) in [4.78, 5) is 0. The van der Waals surface area contributed by atoms with Crippen LogP contribution in [-0.4, -0.2) is 0 Å².